The van der Waals surface area contributed by atoms with Crippen molar-refractivity contribution in [2.75, 3.05) is 125 Å². The number of carboxylic acid groups (broad SMARTS) is 1. The molecule has 2 N–H and O–H groups in total. The molecule has 14 heteroatoms. The summed E-state index contributed by atoms with van der Waals surface area (Å²) >= 11 is 0. The highest BCUT2D eigenvalue weighted by Crippen LogP contribution is 2.06. The van der Waals surface area contributed by atoms with Crippen LogP contribution < -0.4 is 5.32 Å². The van der Waals surface area contributed by atoms with E-state index in [-0.39, 0.29) is 13.2 Å². The summed E-state index contributed by atoms with van der Waals surface area (Å²) in [6.45, 7) is 12.9. The van der Waals surface area contributed by atoms with Crippen molar-refractivity contribution in [3.05, 3.63) is 0 Å². The Balaban J connectivity index is 3.10. The average Bonchev–Trinajstić information content (AvgIpc) is 2.86. The number of carbonyl (C=O) groups excluding carboxylic acids is 1. The summed E-state index contributed by atoms with van der Waals surface area (Å²) in [5, 5.41) is 11.0. The van der Waals surface area contributed by atoms with Crippen molar-refractivity contribution in [1.82, 2.24) is 5.32 Å². The van der Waals surface area contributed by atoms with Crippen molar-refractivity contribution in [2.24, 2.45) is 0 Å². The summed E-state index contributed by atoms with van der Waals surface area (Å²) in [5.41, 5.74) is -0.514. The normalized spacial score (nSPS) is 11.6. The van der Waals surface area contributed by atoms with Crippen LogP contribution in [0, 0.1) is 0 Å². The number of carboxylic acids is 1. The number of alkyl carbamates (subject to hydrolysis) is 1. The van der Waals surface area contributed by atoms with E-state index in [0.29, 0.717) is 112 Å². The maximum absolute atomic E-state index is 11.5. The van der Waals surface area contributed by atoms with Crippen LogP contribution in [0.3, 0.4) is 0 Å². The van der Waals surface area contributed by atoms with Gasteiger partial charge in [-0.05, 0) is 20.8 Å². The molecule has 0 aromatic rings. The molecule has 0 radical (unpaired) electrons. The molecule has 0 spiro atoms. The van der Waals surface area contributed by atoms with E-state index >= 15 is 0 Å². The van der Waals surface area contributed by atoms with Crippen molar-refractivity contribution >= 4 is 12.1 Å². The van der Waals surface area contributed by atoms with Gasteiger partial charge in [-0.1, -0.05) is 0 Å². The molecule has 1 amide bonds. The smallest absolute Gasteiger partial charge is 0.407 e. The molecule has 0 saturated carbocycles. The quantitative estimate of drug-likeness (QED) is 0.121. The van der Waals surface area contributed by atoms with Crippen molar-refractivity contribution in [3.63, 3.8) is 0 Å². The van der Waals surface area contributed by atoms with Crippen LogP contribution in [0.5, 0.6) is 0 Å². The van der Waals surface area contributed by atoms with Crippen LogP contribution in [0.25, 0.3) is 0 Å². The van der Waals surface area contributed by atoms with Gasteiger partial charge < -0.3 is 57.8 Å². The third-order valence-corrected chi connectivity index (χ3v) is 4.12. The van der Waals surface area contributed by atoms with E-state index in [1.807, 2.05) is 20.8 Å². The third kappa shape index (κ3) is 34.4. The minimum atomic E-state index is -0.999. The highest BCUT2D eigenvalue weighted by Gasteiger charge is 2.15. The second-order valence-electron chi connectivity index (χ2n) is 8.77. The van der Waals surface area contributed by atoms with Crippen LogP contribution in [0.15, 0.2) is 0 Å². The maximum atomic E-state index is 11.5. The van der Waals surface area contributed by atoms with Crippen LogP contribution in [-0.4, -0.2) is 148 Å². The van der Waals surface area contributed by atoms with Crippen LogP contribution in [0.4, 0.5) is 4.79 Å². The lowest BCUT2D eigenvalue weighted by atomic mass is 10.2. The Hall–Kier alpha value is -1.62. The number of rotatable bonds is 29. The van der Waals surface area contributed by atoms with E-state index in [9.17, 15) is 9.59 Å². The fourth-order valence-corrected chi connectivity index (χ4v) is 2.46. The van der Waals surface area contributed by atoms with Crippen molar-refractivity contribution < 1.29 is 62.1 Å². The van der Waals surface area contributed by atoms with Gasteiger partial charge >= 0.3 is 12.1 Å². The Bertz CT molecular complexity index is 561. The number of hydrogen-bond acceptors (Lipinski definition) is 12. The van der Waals surface area contributed by atoms with Crippen LogP contribution >= 0.6 is 0 Å². The number of carbonyl (C=O) groups is 2. The Morgan fingerprint density at radius 3 is 1.08 bits per heavy atom. The molecule has 0 heterocycles. The number of nitrogens with one attached hydrogen (secondary N) is 1. The molecule has 14 nitrogen and oxygen atoms in total. The van der Waals surface area contributed by atoms with Crippen LogP contribution in [-0.2, 0) is 52.2 Å². The molecule has 0 fully saturated rings. The standard InChI is InChI=1S/C25H49NO13/c1-25(2,3)39-24(29)26-4-5-30-6-7-31-8-9-32-10-11-33-12-13-34-14-15-35-16-17-36-18-19-37-20-21-38-22-23(27)28/h4-22H2,1-3H3,(H,26,29)(H,27,28). The predicted molar refractivity (Wildman–Crippen MR) is 139 cm³/mol. The molecule has 0 aliphatic carbocycles. The van der Waals surface area contributed by atoms with E-state index in [4.69, 9.17) is 52.5 Å². The Morgan fingerprint density at radius 1 is 0.513 bits per heavy atom. The van der Waals surface area contributed by atoms with Gasteiger partial charge in [0.2, 0.25) is 0 Å². The fraction of sp³-hybridized carbons (Fsp3) is 0.920. The second-order valence-corrected chi connectivity index (χ2v) is 8.77. The van der Waals surface area contributed by atoms with Crippen molar-refractivity contribution in [1.29, 1.82) is 0 Å². The van der Waals surface area contributed by atoms with Gasteiger partial charge in [0.15, 0.2) is 0 Å². The first kappa shape index (κ1) is 37.4. The van der Waals surface area contributed by atoms with E-state index in [0.717, 1.165) is 0 Å². The molecule has 0 aliphatic heterocycles. The minimum Gasteiger partial charge on any atom is -0.480 e. The first-order chi connectivity index (χ1) is 18.8. The summed E-state index contributed by atoms with van der Waals surface area (Å²) in [5.74, 6) is -0.999. The molecule has 0 aliphatic rings. The molecule has 0 unspecified atom stereocenters. The third-order valence-electron chi connectivity index (χ3n) is 4.12. The molecule has 0 atom stereocenters. The Kier molecular flexibility index (Phi) is 26.8. The lowest BCUT2D eigenvalue weighted by Crippen LogP contribution is -2.34. The van der Waals surface area contributed by atoms with Gasteiger partial charge in [-0.25, -0.2) is 9.59 Å². The summed E-state index contributed by atoms with van der Waals surface area (Å²) in [6.07, 6.45) is -0.458. The summed E-state index contributed by atoms with van der Waals surface area (Å²) in [7, 11) is 0. The molecule has 0 aromatic carbocycles. The molecule has 232 valence electrons. The van der Waals surface area contributed by atoms with Crippen LogP contribution in [0.2, 0.25) is 0 Å². The van der Waals surface area contributed by atoms with E-state index in [2.05, 4.69) is 5.32 Å². The van der Waals surface area contributed by atoms with E-state index in [1.165, 1.54) is 0 Å². The maximum Gasteiger partial charge on any atom is 0.407 e. The van der Waals surface area contributed by atoms with Crippen molar-refractivity contribution in [2.45, 2.75) is 26.4 Å². The summed E-state index contributed by atoms with van der Waals surface area (Å²) in [6, 6.07) is 0. The van der Waals surface area contributed by atoms with E-state index in [1.54, 1.807) is 0 Å². The molecule has 0 bridgehead atoms. The molecule has 39 heavy (non-hydrogen) atoms. The lowest BCUT2D eigenvalue weighted by molar-refractivity contribution is -0.142. The summed E-state index contributed by atoms with van der Waals surface area (Å²) in [4.78, 5) is 21.7. The van der Waals surface area contributed by atoms with Crippen LogP contribution in [0.1, 0.15) is 20.8 Å². The zero-order chi connectivity index (χ0) is 28.9. The summed E-state index contributed by atoms with van der Waals surface area (Å²) < 4.78 is 53.0. The highest BCUT2D eigenvalue weighted by atomic mass is 16.6. The predicted octanol–water partition coefficient (Wildman–Crippen LogP) is 0.745. The monoisotopic (exact) mass is 571 g/mol. The molecule has 0 rings (SSSR count). The topological polar surface area (TPSA) is 159 Å². The largest absolute Gasteiger partial charge is 0.480 e. The van der Waals surface area contributed by atoms with Gasteiger partial charge in [-0.15, -0.1) is 0 Å². The molecule has 0 aromatic heterocycles. The Morgan fingerprint density at radius 2 is 0.795 bits per heavy atom. The molecule has 0 saturated heterocycles. The highest BCUT2D eigenvalue weighted by molar-refractivity contribution is 5.68. The van der Waals surface area contributed by atoms with Gasteiger partial charge in [-0.2, -0.15) is 0 Å². The zero-order valence-electron chi connectivity index (χ0n) is 23.8. The van der Waals surface area contributed by atoms with Gasteiger partial charge in [0.05, 0.1) is 112 Å². The van der Waals surface area contributed by atoms with Gasteiger partial charge in [0, 0.05) is 6.54 Å². The number of ether oxygens (including phenoxy) is 10. The average molecular weight is 572 g/mol. The minimum absolute atomic E-state index is 0.238. The second kappa shape index (κ2) is 27.9. The first-order valence-electron chi connectivity index (χ1n) is 13.2. The zero-order valence-corrected chi connectivity index (χ0v) is 23.8. The fourth-order valence-electron chi connectivity index (χ4n) is 2.46. The number of amides is 1. The van der Waals surface area contributed by atoms with E-state index < -0.39 is 17.7 Å². The lowest BCUT2D eigenvalue weighted by Gasteiger charge is -2.19. The van der Waals surface area contributed by atoms with Gasteiger partial charge in [-0.3, -0.25) is 0 Å². The number of hydrogen-bond donors (Lipinski definition) is 2. The number of aliphatic carboxylic acids is 1. The molecular formula is C25H49NO13. The van der Waals surface area contributed by atoms with Gasteiger partial charge in [0.1, 0.15) is 12.2 Å². The Labute approximate surface area is 231 Å². The SMILES string of the molecule is CC(C)(C)OC(=O)NCCOCCOCCOCCOCCOCCOCCOCCOCCOCC(=O)O. The first-order valence-corrected chi connectivity index (χ1v) is 13.2. The van der Waals surface area contributed by atoms with Gasteiger partial charge in [0.25, 0.3) is 0 Å². The molecular weight excluding hydrogens is 522 g/mol. The van der Waals surface area contributed by atoms with Crippen molar-refractivity contribution in [3.8, 4) is 0 Å².